The van der Waals surface area contributed by atoms with E-state index in [2.05, 4.69) is 20.2 Å². The fourth-order valence-electron chi connectivity index (χ4n) is 2.88. The molecule has 6 nitrogen and oxygen atoms in total. The van der Waals surface area contributed by atoms with Crippen LogP contribution in [0.5, 0.6) is 5.88 Å². The number of pyridine rings is 1. The Morgan fingerprint density at radius 2 is 1.79 bits per heavy atom. The smallest absolute Gasteiger partial charge is 0.428 e. The lowest BCUT2D eigenvalue weighted by molar-refractivity contribution is -0.275. The van der Waals surface area contributed by atoms with E-state index in [4.69, 9.17) is 16.3 Å². The highest BCUT2D eigenvalue weighted by Gasteiger charge is 2.61. The molecular weight excluding hydrogens is 409 g/mol. The Kier molecular flexibility index (Phi) is 4.18. The van der Waals surface area contributed by atoms with Crippen molar-refractivity contribution in [1.29, 1.82) is 0 Å². The van der Waals surface area contributed by atoms with E-state index in [-0.39, 0.29) is 30.1 Å². The largest absolute Gasteiger partial charge is 0.461 e. The summed E-state index contributed by atoms with van der Waals surface area (Å²) in [6.45, 7) is 0. The second kappa shape index (κ2) is 6.23. The molecule has 3 aromatic rings. The lowest BCUT2D eigenvalue weighted by atomic mass is 9.79. The molecule has 0 bridgehead atoms. The number of fused-ring (bicyclic) bond motifs is 1. The number of ether oxygens (including phenoxy) is 1. The van der Waals surface area contributed by atoms with E-state index in [9.17, 15) is 22.0 Å². The van der Waals surface area contributed by atoms with Crippen LogP contribution in [0.25, 0.3) is 16.9 Å². The van der Waals surface area contributed by atoms with Gasteiger partial charge in [0.25, 0.3) is 0 Å². The van der Waals surface area contributed by atoms with Crippen molar-refractivity contribution >= 4 is 17.2 Å². The molecule has 28 heavy (non-hydrogen) atoms. The third kappa shape index (κ3) is 3.13. The zero-order valence-corrected chi connectivity index (χ0v) is 14.7. The van der Waals surface area contributed by atoms with Crippen LogP contribution in [0.15, 0.2) is 30.7 Å². The Morgan fingerprint density at radius 1 is 1.04 bits per heavy atom. The monoisotopic (exact) mass is 419 g/mol. The zero-order valence-electron chi connectivity index (χ0n) is 13.9. The molecule has 0 spiro atoms. The first-order valence-corrected chi connectivity index (χ1v) is 8.47. The van der Waals surface area contributed by atoms with Gasteiger partial charge in [-0.25, -0.2) is 4.98 Å². The van der Waals surface area contributed by atoms with Crippen molar-refractivity contribution in [3.05, 3.63) is 36.5 Å². The highest BCUT2D eigenvalue weighted by Crippen LogP contribution is 2.48. The molecular formula is C16H11ClF5N5O. The molecule has 0 amide bonds. The fraction of sp³-hybridized carbons (Fsp3) is 0.375. The Hall–Kier alpha value is -2.56. The van der Waals surface area contributed by atoms with Gasteiger partial charge in [0.15, 0.2) is 5.65 Å². The normalized spacial score (nSPS) is 16.8. The van der Waals surface area contributed by atoms with Gasteiger partial charge in [0.1, 0.15) is 0 Å². The topological polar surface area (TPSA) is 65.2 Å². The molecule has 0 N–H and O–H groups in total. The van der Waals surface area contributed by atoms with E-state index >= 15 is 0 Å². The SMILES string of the molecule is FC(F)(Cl)c1nnc2cnc(-c3ccc(OC4(C(F)(F)F)CCC4)nc3)cn12. The van der Waals surface area contributed by atoms with Crippen molar-refractivity contribution < 1.29 is 26.7 Å². The number of nitrogens with zero attached hydrogens (tertiary/aromatic N) is 5. The zero-order chi connectivity index (χ0) is 20.2. The van der Waals surface area contributed by atoms with E-state index in [1.54, 1.807) is 0 Å². The molecule has 0 unspecified atom stereocenters. The quantitative estimate of drug-likeness (QED) is 0.465. The van der Waals surface area contributed by atoms with Gasteiger partial charge in [-0.3, -0.25) is 9.38 Å². The van der Waals surface area contributed by atoms with Crippen LogP contribution < -0.4 is 4.74 Å². The molecule has 1 saturated carbocycles. The summed E-state index contributed by atoms with van der Waals surface area (Å²) >= 11 is 5.02. The number of halogens is 6. The van der Waals surface area contributed by atoms with Gasteiger partial charge in [-0.15, -0.1) is 10.2 Å². The van der Waals surface area contributed by atoms with E-state index in [0.29, 0.717) is 12.0 Å². The number of aromatic nitrogens is 5. The Labute approximate surface area is 159 Å². The number of hydrogen-bond acceptors (Lipinski definition) is 5. The predicted molar refractivity (Wildman–Crippen MR) is 87.0 cm³/mol. The van der Waals surface area contributed by atoms with Gasteiger partial charge in [-0.2, -0.15) is 22.0 Å². The van der Waals surface area contributed by atoms with E-state index in [1.807, 2.05) is 0 Å². The summed E-state index contributed by atoms with van der Waals surface area (Å²) in [5.41, 5.74) is -1.55. The van der Waals surface area contributed by atoms with E-state index in [1.165, 1.54) is 30.7 Å². The van der Waals surface area contributed by atoms with Gasteiger partial charge in [0.2, 0.25) is 17.3 Å². The summed E-state index contributed by atoms with van der Waals surface area (Å²) in [6, 6.07) is 2.71. The first-order chi connectivity index (χ1) is 13.1. The van der Waals surface area contributed by atoms with Gasteiger partial charge >= 0.3 is 11.6 Å². The summed E-state index contributed by atoms with van der Waals surface area (Å²) < 4.78 is 72.5. The maximum Gasteiger partial charge on any atom is 0.428 e. The van der Waals surface area contributed by atoms with Crippen LogP contribution in [0, 0.1) is 0 Å². The van der Waals surface area contributed by atoms with Gasteiger partial charge in [0, 0.05) is 24.0 Å². The van der Waals surface area contributed by atoms with Crippen LogP contribution in [0.4, 0.5) is 22.0 Å². The highest BCUT2D eigenvalue weighted by molar-refractivity contribution is 6.21. The van der Waals surface area contributed by atoms with Crippen LogP contribution in [-0.2, 0) is 5.38 Å². The lowest BCUT2D eigenvalue weighted by Crippen LogP contribution is -2.55. The Balaban J connectivity index is 1.62. The fourth-order valence-corrected chi connectivity index (χ4v) is 3.01. The first-order valence-electron chi connectivity index (χ1n) is 8.09. The van der Waals surface area contributed by atoms with Crippen molar-refractivity contribution in [2.45, 2.75) is 36.4 Å². The molecule has 1 fully saturated rings. The number of alkyl halides is 6. The molecule has 0 aliphatic heterocycles. The summed E-state index contributed by atoms with van der Waals surface area (Å²) in [7, 11) is 0. The Bertz CT molecular complexity index is 1010. The van der Waals surface area contributed by atoms with E-state index < -0.39 is 23.0 Å². The maximum absolute atomic E-state index is 13.4. The summed E-state index contributed by atoms with van der Waals surface area (Å²) in [4.78, 5) is 7.97. The minimum Gasteiger partial charge on any atom is -0.461 e. The minimum absolute atomic E-state index is 0.0593. The molecule has 1 aliphatic carbocycles. The van der Waals surface area contributed by atoms with Crippen molar-refractivity contribution in [2.24, 2.45) is 0 Å². The highest BCUT2D eigenvalue weighted by atomic mass is 35.5. The first kappa shape index (κ1) is 18.8. The van der Waals surface area contributed by atoms with Crippen LogP contribution in [0.1, 0.15) is 25.1 Å². The number of rotatable bonds is 4. The van der Waals surface area contributed by atoms with Gasteiger partial charge in [0.05, 0.1) is 11.9 Å². The molecule has 4 rings (SSSR count). The predicted octanol–water partition coefficient (Wildman–Crippen LogP) is 4.34. The van der Waals surface area contributed by atoms with Crippen molar-refractivity contribution in [3.63, 3.8) is 0 Å². The second-order valence-corrected chi connectivity index (χ2v) is 6.83. The van der Waals surface area contributed by atoms with Gasteiger partial charge < -0.3 is 4.74 Å². The Morgan fingerprint density at radius 3 is 2.32 bits per heavy atom. The molecule has 3 heterocycles. The van der Waals surface area contributed by atoms with Gasteiger partial charge in [-0.1, -0.05) is 0 Å². The minimum atomic E-state index is -4.49. The summed E-state index contributed by atoms with van der Waals surface area (Å²) in [5, 5.41) is 3.17. The molecule has 12 heteroatoms. The van der Waals surface area contributed by atoms with Gasteiger partial charge in [-0.05, 0) is 36.9 Å². The summed E-state index contributed by atoms with van der Waals surface area (Å²) in [5.74, 6) is -0.961. The lowest BCUT2D eigenvalue weighted by Gasteiger charge is -2.42. The van der Waals surface area contributed by atoms with E-state index in [0.717, 1.165) is 4.40 Å². The maximum atomic E-state index is 13.4. The van der Waals surface area contributed by atoms with Crippen molar-refractivity contribution in [3.8, 4) is 17.1 Å². The average Bonchev–Trinajstić information content (AvgIpc) is 3.01. The molecule has 3 aromatic heterocycles. The molecule has 0 saturated heterocycles. The molecule has 148 valence electrons. The molecule has 0 aromatic carbocycles. The van der Waals surface area contributed by atoms with Crippen LogP contribution in [-0.4, -0.2) is 36.3 Å². The standard InChI is InChI=1S/C16H11ClF5N5O/c17-15(18,19)13-26-25-11-7-23-10(8-27(11)13)9-2-3-12(24-6-9)28-14(4-1-5-14)16(20,21)22/h2-3,6-8H,1,4-5H2. The summed E-state index contributed by atoms with van der Waals surface area (Å²) in [6.07, 6.45) is -0.616. The van der Waals surface area contributed by atoms with Crippen molar-refractivity contribution in [2.75, 3.05) is 0 Å². The van der Waals surface area contributed by atoms with Crippen LogP contribution in [0.2, 0.25) is 0 Å². The molecule has 1 aliphatic rings. The van der Waals surface area contributed by atoms with Crippen molar-refractivity contribution in [1.82, 2.24) is 24.6 Å². The average molecular weight is 420 g/mol. The van der Waals surface area contributed by atoms with Crippen LogP contribution in [0.3, 0.4) is 0 Å². The second-order valence-electron chi connectivity index (χ2n) is 6.35. The third-order valence-electron chi connectivity index (χ3n) is 4.56. The third-order valence-corrected chi connectivity index (χ3v) is 4.73. The number of hydrogen-bond donors (Lipinski definition) is 0. The molecule has 0 radical (unpaired) electrons. The van der Waals surface area contributed by atoms with Crippen LogP contribution >= 0.6 is 11.6 Å². The molecule has 0 atom stereocenters.